The maximum absolute atomic E-state index is 12.2. The molecule has 0 saturated carbocycles. The van der Waals surface area contributed by atoms with E-state index < -0.39 is 6.10 Å². The molecule has 0 fully saturated rings. The number of nitriles is 1. The first-order chi connectivity index (χ1) is 11.0. The van der Waals surface area contributed by atoms with Gasteiger partial charge in [-0.15, -0.1) is 0 Å². The molecule has 1 atom stereocenters. The number of hydrogen-bond acceptors (Lipinski definition) is 5. The van der Waals surface area contributed by atoms with Crippen molar-refractivity contribution in [2.24, 2.45) is 0 Å². The zero-order chi connectivity index (χ0) is 16.8. The van der Waals surface area contributed by atoms with Crippen LogP contribution < -0.4 is 5.73 Å². The second kappa shape index (κ2) is 7.42. The van der Waals surface area contributed by atoms with Gasteiger partial charge in [0, 0.05) is 13.6 Å². The Morgan fingerprint density at radius 2 is 2.17 bits per heavy atom. The van der Waals surface area contributed by atoms with Crippen molar-refractivity contribution in [3.63, 3.8) is 0 Å². The molecule has 120 valence electrons. The predicted octanol–water partition coefficient (Wildman–Crippen LogP) is 0.988. The summed E-state index contributed by atoms with van der Waals surface area (Å²) >= 11 is 0. The van der Waals surface area contributed by atoms with Crippen LogP contribution in [0.4, 0.5) is 5.82 Å². The van der Waals surface area contributed by atoms with Crippen molar-refractivity contribution in [3.8, 4) is 6.07 Å². The van der Waals surface area contributed by atoms with Crippen LogP contribution >= 0.6 is 0 Å². The number of nitrogen functional groups attached to an aromatic ring is 1. The van der Waals surface area contributed by atoms with Crippen LogP contribution in [0.25, 0.3) is 0 Å². The zero-order valence-electron chi connectivity index (χ0n) is 12.9. The number of aromatic nitrogens is 2. The molecule has 7 heteroatoms. The fourth-order valence-corrected chi connectivity index (χ4v) is 2.29. The molecular formula is C16H19N5O2. The van der Waals surface area contributed by atoms with Crippen molar-refractivity contribution in [3.05, 3.63) is 47.2 Å². The number of likely N-dealkylation sites (N-methyl/N-ethyl adjacent to an activating group) is 1. The number of nitrogens with zero attached hydrogens (tertiary/aromatic N) is 3. The maximum Gasteiger partial charge on any atom is 0.255 e. The standard InChI is InChI=1S/C16H19N5O2/c1-21(16(23)14(22)11-6-3-2-4-7-11)9-5-8-13-12(10-17)15(18)20-19-13/h2-4,6-7,14,22H,5,8-9H2,1H3,(H3,18,19,20). The summed E-state index contributed by atoms with van der Waals surface area (Å²) in [6, 6.07) is 10.8. The lowest BCUT2D eigenvalue weighted by molar-refractivity contribution is -0.139. The Morgan fingerprint density at radius 3 is 2.83 bits per heavy atom. The molecule has 23 heavy (non-hydrogen) atoms. The second-order valence-corrected chi connectivity index (χ2v) is 5.25. The number of aryl methyl sites for hydroxylation is 1. The average molecular weight is 313 g/mol. The first-order valence-corrected chi connectivity index (χ1v) is 7.25. The Kier molecular flexibility index (Phi) is 5.33. The zero-order valence-corrected chi connectivity index (χ0v) is 12.9. The number of amides is 1. The van der Waals surface area contributed by atoms with Crippen LogP contribution in [0.3, 0.4) is 0 Å². The van der Waals surface area contributed by atoms with Crippen LogP contribution in [0, 0.1) is 11.3 Å². The van der Waals surface area contributed by atoms with Crippen molar-refractivity contribution in [2.45, 2.75) is 18.9 Å². The minimum Gasteiger partial charge on any atom is -0.381 e. The van der Waals surface area contributed by atoms with Crippen molar-refractivity contribution in [1.82, 2.24) is 15.1 Å². The molecule has 0 bridgehead atoms. The lowest BCUT2D eigenvalue weighted by Gasteiger charge is -2.20. The Labute approximate surface area is 134 Å². The molecule has 0 aliphatic carbocycles. The van der Waals surface area contributed by atoms with Crippen LogP contribution in [-0.2, 0) is 11.2 Å². The third kappa shape index (κ3) is 3.87. The number of anilines is 1. The molecule has 0 spiro atoms. The van der Waals surface area contributed by atoms with Crippen molar-refractivity contribution in [1.29, 1.82) is 5.26 Å². The van der Waals surface area contributed by atoms with Crippen molar-refractivity contribution >= 4 is 11.7 Å². The van der Waals surface area contributed by atoms with E-state index in [1.54, 1.807) is 31.3 Å². The summed E-state index contributed by atoms with van der Waals surface area (Å²) in [5.41, 5.74) is 7.15. The molecule has 4 N–H and O–H groups in total. The third-order valence-electron chi connectivity index (χ3n) is 3.63. The number of aromatic amines is 1. The van der Waals surface area contributed by atoms with Crippen LogP contribution in [0.1, 0.15) is 29.3 Å². The number of carbonyl (C=O) groups is 1. The second-order valence-electron chi connectivity index (χ2n) is 5.25. The maximum atomic E-state index is 12.2. The largest absolute Gasteiger partial charge is 0.381 e. The molecule has 2 rings (SSSR count). The molecule has 1 amide bonds. The molecule has 2 aromatic rings. The van der Waals surface area contributed by atoms with Crippen LogP contribution in [0.15, 0.2) is 30.3 Å². The minimum absolute atomic E-state index is 0.187. The number of carbonyl (C=O) groups excluding carboxylic acids is 1. The number of nitrogens with one attached hydrogen (secondary N) is 1. The molecule has 1 heterocycles. The highest BCUT2D eigenvalue weighted by Gasteiger charge is 2.21. The van der Waals surface area contributed by atoms with E-state index in [1.807, 2.05) is 12.1 Å². The Hall–Kier alpha value is -2.85. The summed E-state index contributed by atoms with van der Waals surface area (Å²) in [5.74, 6) is -0.174. The van der Waals surface area contributed by atoms with E-state index >= 15 is 0 Å². The monoisotopic (exact) mass is 313 g/mol. The molecular weight excluding hydrogens is 294 g/mol. The molecule has 7 nitrogen and oxygen atoms in total. The summed E-state index contributed by atoms with van der Waals surface area (Å²) in [7, 11) is 1.64. The van der Waals surface area contributed by atoms with Gasteiger partial charge in [-0.25, -0.2) is 0 Å². The van der Waals surface area contributed by atoms with Crippen LogP contribution in [0.5, 0.6) is 0 Å². The number of nitrogens with two attached hydrogens (primary N) is 1. The van der Waals surface area contributed by atoms with Crippen molar-refractivity contribution in [2.75, 3.05) is 19.3 Å². The molecule has 1 aromatic heterocycles. The van der Waals surface area contributed by atoms with Crippen LogP contribution in [0.2, 0.25) is 0 Å². The van der Waals surface area contributed by atoms with E-state index in [0.717, 1.165) is 0 Å². The Balaban J connectivity index is 1.88. The predicted molar refractivity (Wildman–Crippen MR) is 85.1 cm³/mol. The number of benzene rings is 1. The van der Waals surface area contributed by atoms with E-state index in [0.29, 0.717) is 36.2 Å². The average Bonchev–Trinajstić information content (AvgIpc) is 2.94. The first kappa shape index (κ1) is 16.5. The van der Waals surface area contributed by atoms with E-state index in [4.69, 9.17) is 11.0 Å². The van der Waals surface area contributed by atoms with E-state index in [2.05, 4.69) is 10.2 Å². The van der Waals surface area contributed by atoms with Gasteiger partial charge in [0.05, 0.1) is 5.69 Å². The van der Waals surface area contributed by atoms with Gasteiger partial charge < -0.3 is 15.7 Å². The van der Waals surface area contributed by atoms with Gasteiger partial charge in [-0.2, -0.15) is 10.4 Å². The van der Waals surface area contributed by atoms with E-state index in [9.17, 15) is 9.90 Å². The lowest BCUT2D eigenvalue weighted by atomic mass is 10.1. The summed E-state index contributed by atoms with van der Waals surface area (Å²) in [6.07, 6.45) is 0.00493. The third-order valence-corrected chi connectivity index (χ3v) is 3.63. The number of H-pyrrole nitrogens is 1. The highest BCUT2D eigenvalue weighted by Crippen LogP contribution is 2.16. The van der Waals surface area contributed by atoms with Gasteiger partial charge >= 0.3 is 0 Å². The topological polar surface area (TPSA) is 119 Å². The smallest absolute Gasteiger partial charge is 0.255 e. The summed E-state index contributed by atoms with van der Waals surface area (Å²) in [5, 5.41) is 25.6. The molecule has 0 saturated heterocycles. The highest BCUT2D eigenvalue weighted by molar-refractivity contribution is 5.81. The van der Waals surface area contributed by atoms with Crippen molar-refractivity contribution < 1.29 is 9.90 Å². The Bertz CT molecular complexity index is 705. The number of aliphatic hydroxyl groups excluding tert-OH is 1. The fraction of sp³-hybridized carbons (Fsp3) is 0.312. The van der Waals surface area contributed by atoms with Gasteiger partial charge in [0.1, 0.15) is 11.6 Å². The van der Waals surface area contributed by atoms with Gasteiger partial charge in [-0.3, -0.25) is 9.89 Å². The fourth-order valence-electron chi connectivity index (χ4n) is 2.29. The SMILES string of the molecule is CN(CCCc1[nH]nc(N)c1C#N)C(=O)C(O)c1ccccc1. The molecule has 0 aliphatic rings. The normalized spacial score (nSPS) is 11.7. The number of rotatable bonds is 6. The highest BCUT2D eigenvalue weighted by atomic mass is 16.3. The van der Waals surface area contributed by atoms with Gasteiger partial charge in [-0.05, 0) is 18.4 Å². The van der Waals surface area contributed by atoms with Gasteiger partial charge in [0.15, 0.2) is 11.9 Å². The van der Waals surface area contributed by atoms with Gasteiger partial charge in [0.2, 0.25) is 0 Å². The van der Waals surface area contributed by atoms with Gasteiger partial charge in [0.25, 0.3) is 5.91 Å². The molecule has 0 aliphatic heterocycles. The first-order valence-electron chi connectivity index (χ1n) is 7.25. The summed E-state index contributed by atoms with van der Waals surface area (Å²) in [6.45, 7) is 0.451. The quantitative estimate of drug-likeness (QED) is 0.734. The van der Waals surface area contributed by atoms with E-state index in [1.165, 1.54) is 4.90 Å². The van der Waals surface area contributed by atoms with E-state index in [-0.39, 0.29) is 11.7 Å². The molecule has 0 radical (unpaired) electrons. The lowest BCUT2D eigenvalue weighted by Crippen LogP contribution is -2.32. The minimum atomic E-state index is -1.17. The van der Waals surface area contributed by atoms with Crippen LogP contribution in [-0.4, -0.2) is 39.7 Å². The van der Waals surface area contributed by atoms with Gasteiger partial charge in [-0.1, -0.05) is 30.3 Å². The molecule has 1 unspecified atom stereocenters. The number of aliphatic hydroxyl groups is 1. The number of hydrogen-bond donors (Lipinski definition) is 3. The Morgan fingerprint density at radius 1 is 1.48 bits per heavy atom. The summed E-state index contributed by atoms with van der Waals surface area (Å²) in [4.78, 5) is 13.7. The molecule has 1 aromatic carbocycles. The summed E-state index contributed by atoms with van der Waals surface area (Å²) < 4.78 is 0.